The summed E-state index contributed by atoms with van der Waals surface area (Å²) in [6.45, 7) is 2.18. The molecule has 1 saturated heterocycles. The van der Waals surface area contributed by atoms with Crippen LogP contribution in [0, 0.1) is 0 Å². The van der Waals surface area contributed by atoms with Gasteiger partial charge in [-0.25, -0.2) is 9.59 Å². The summed E-state index contributed by atoms with van der Waals surface area (Å²) < 4.78 is 76.3. The molecular weight excluding hydrogens is 332 g/mol. The van der Waals surface area contributed by atoms with Crippen molar-refractivity contribution in [3.05, 3.63) is 23.1 Å². The maximum absolute atomic E-state index is 10.7. The summed E-state index contributed by atoms with van der Waals surface area (Å²) in [6, 6.07) is 0. The predicted molar refractivity (Wildman–Crippen MR) is 52.7 cm³/mol. The Labute approximate surface area is 124 Å². The molecule has 2 rings (SSSR count). The summed E-state index contributed by atoms with van der Waals surface area (Å²) in [5, 5.41) is 0. The van der Waals surface area contributed by atoms with Gasteiger partial charge < -0.3 is 18.3 Å². The van der Waals surface area contributed by atoms with Crippen molar-refractivity contribution in [2.24, 2.45) is 0 Å². The first-order valence-electron chi connectivity index (χ1n) is 4.55. The summed E-state index contributed by atoms with van der Waals surface area (Å²) in [6.07, 6.45) is 1.77. The Hall–Kier alpha value is -1.11. The third-order valence-electron chi connectivity index (χ3n) is 1.12. The Kier molecular flexibility index (Phi) is 7.14. The van der Waals surface area contributed by atoms with Crippen LogP contribution >= 0.6 is 7.81 Å². The normalized spacial score (nSPS) is 20.0. The average molecular weight is 340 g/mol. The minimum atomic E-state index is -10.7. The molecule has 0 bridgehead atoms. The molecule has 1 aromatic rings. The number of carbonyl (C=O) groups excluding carboxylic acids is 1. The van der Waals surface area contributed by atoms with Crippen LogP contribution in [0.4, 0.5) is 30.0 Å². The van der Waals surface area contributed by atoms with Crippen molar-refractivity contribution in [1.29, 1.82) is 0 Å². The van der Waals surface area contributed by atoms with Crippen molar-refractivity contribution in [1.82, 2.24) is 0 Å². The van der Waals surface area contributed by atoms with Gasteiger partial charge in [0.2, 0.25) is 0 Å². The number of rotatable bonds is 0. The molecule has 21 heavy (non-hydrogen) atoms. The van der Waals surface area contributed by atoms with E-state index in [4.69, 9.17) is 0 Å². The van der Waals surface area contributed by atoms with Crippen molar-refractivity contribution in [2.75, 3.05) is 6.61 Å². The van der Waals surface area contributed by atoms with E-state index in [0.29, 0.717) is 6.61 Å². The van der Waals surface area contributed by atoms with Gasteiger partial charge in [0, 0.05) is 0 Å². The van der Waals surface area contributed by atoms with E-state index in [1.54, 1.807) is 6.92 Å². The number of hydrogen-bond donors (Lipinski definition) is 0. The van der Waals surface area contributed by atoms with Crippen LogP contribution in [0.1, 0.15) is 6.92 Å². The molecule has 1 aliphatic heterocycles. The van der Waals surface area contributed by atoms with Crippen LogP contribution in [0.2, 0.25) is 0 Å². The van der Waals surface area contributed by atoms with Crippen LogP contribution in [0.5, 0.6) is 0 Å². The predicted octanol–water partition coefficient (Wildman–Crippen LogP) is 1.16. The zero-order valence-electron chi connectivity index (χ0n) is 10.6. The third-order valence-corrected chi connectivity index (χ3v) is 1.12. The van der Waals surface area contributed by atoms with Gasteiger partial charge >= 0.3 is 63.8 Å². The number of halogens is 6. The van der Waals surface area contributed by atoms with E-state index in [-0.39, 0.29) is 25.0 Å². The molecule has 0 aliphatic carbocycles. The van der Waals surface area contributed by atoms with E-state index in [0.717, 1.165) is 0 Å². The van der Waals surface area contributed by atoms with Gasteiger partial charge in [-0.05, 0) is 6.92 Å². The molecule has 1 aromatic heterocycles. The molecule has 14 heteroatoms. The van der Waals surface area contributed by atoms with Crippen molar-refractivity contribution in [2.45, 2.75) is 13.0 Å². The molecule has 0 saturated carbocycles. The maximum atomic E-state index is 10.0. The fourth-order valence-corrected chi connectivity index (χ4v) is 0.612. The van der Waals surface area contributed by atoms with Gasteiger partial charge in [0.05, 0.1) is 0 Å². The van der Waals surface area contributed by atoms with Crippen molar-refractivity contribution in [3.63, 3.8) is 0 Å². The molecule has 0 N–H and O–H groups in total. The van der Waals surface area contributed by atoms with Crippen LogP contribution in [-0.2, 0) is 9.47 Å². The van der Waals surface area contributed by atoms with Gasteiger partial charge in [0.25, 0.3) is 0 Å². The van der Waals surface area contributed by atoms with Crippen LogP contribution in [0.3, 0.4) is 0 Å². The Morgan fingerprint density at radius 1 is 1.05 bits per heavy atom. The summed E-state index contributed by atoms with van der Waals surface area (Å²) in [5.74, 6) is -0.657. The minimum Gasteiger partial charge on any atom is -0.399 e. The Morgan fingerprint density at radius 3 is 1.52 bits per heavy atom. The molecular formula is C7H8F6LiO6P. The monoisotopic (exact) mass is 340 g/mol. The topological polar surface area (TPSA) is 78.9 Å². The average Bonchev–Trinajstić information content (AvgIpc) is 2.73. The van der Waals surface area contributed by atoms with Crippen LogP contribution in [0.15, 0.2) is 26.2 Å². The molecule has 1 aliphatic rings. The maximum Gasteiger partial charge on any atom is 1.00 e. The van der Waals surface area contributed by atoms with Crippen molar-refractivity contribution >= 4 is 14.0 Å². The molecule has 0 amide bonds. The summed E-state index contributed by atoms with van der Waals surface area (Å²) in [4.78, 5) is 19.7. The second-order valence-electron chi connectivity index (χ2n) is 3.21. The van der Waals surface area contributed by atoms with Gasteiger partial charge in [-0.3, -0.25) is 0 Å². The van der Waals surface area contributed by atoms with Gasteiger partial charge in [0.15, 0.2) is 0 Å². The first-order valence-corrected chi connectivity index (χ1v) is 6.58. The molecule has 1 atom stereocenters. The van der Waals surface area contributed by atoms with E-state index in [1.165, 1.54) is 12.5 Å². The first-order chi connectivity index (χ1) is 8.63. The molecule has 120 valence electrons. The van der Waals surface area contributed by atoms with E-state index in [9.17, 15) is 34.8 Å². The summed E-state index contributed by atoms with van der Waals surface area (Å²) in [7, 11) is -10.7. The zero-order chi connectivity index (χ0) is 16.1. The first kappa shape index (κ1) is 22.2. The van der Waals surface area contributed by atoms with Gasteiger partial charge in [-0.15, -0.1) is 0 Å². The molecule has 6 nitrogen and oxygen atoms in total. The molecule has 1 fully saturated rings. The van der Waals surface area contributed by atoms with Crippen molar-refractivity contribution < 1.29 is 67.1 Å². The third kappa shape index (κ3) is 24.3. The van der Waals surface area contributed by atoms with Crippen LogP contribution in [0.25, 0.3) is 0 Å². The largest absolute Gasteiger partial charge is 1.00 e. The standard InChI is InChI=1S/C4H6O3.C3H2O3.F6P.Li/c1-3-2-6-4(5)7-3;4-3-5-1-2-6-3;1-7(2,3,4,5)6;/h3H,2H2,1H3;1-2H;;/q;;-1;+1. The SMILES string of the molecule is CC1COC(=O)O1.F[P-](F)(F)(F)(F)F.O=c1occo1.[Li+]. The minimum absolute atomic E-state index is 0. The Bertz CT molecular complexity index is 466. The second-order valence-corrected chi connectivity index (χ2v) is 5.12. The number of cyclic esters (lactones) is 2. The Balaban J connectivity index is 0. The van der Waals surface area contributed by atoms with Crippen LogP contribution in [-0.4, -0.2) is 18.9 Å². The second kappa shape index (κ2) is 6.77. The van der Waals surface area contributed by atoms with E-state index in [1.807, 2.05) is 0 Å². The van der Waals surface area contributed by atoms with Gasteiger partial charge in [0.1, 0.15) is 25.2 Å². The number of carbonyl (C=O) groups is 1. The molecule has 0 aromatic carbocycles. The molecule has 0 spiro atoms. The fourth-order valence-electron chi connectivity index (χ4n) is 0.612. The number of hydrogen-bond acceptors (Lipinski definition) is 6. The van der Waals surface area contributed by atoms with Crippen molar-refractivity contribution in [3.8, 4) is 0 Å². The van der Waals surface area contributed by atoms with Gasteiger partial charge in [-0.2, -0.15) is 0 Å². The van der Waals surface area contributed by atoms with E-state index < -0.39 is 19.8 Å². The number of ether oxygens (including phenoxy) is 2. The Morgan fingerprint density at radius 2 is 1.43 bits per heavy atom. The molecule has 2 heterocycles. The van der Waals surface area contributed by atoms with E-state index >= 15 is 0 Å². The zero-order valence-corrected chi connectivity index (χ0v) is 11.5. The molecule has 0 radical (unpaired) electrons. The van der Waals surface area contributed by atoms with E-state index in [2.05, 4.69) is 18.3 Å². The summed E-state index contributed by atoms with van der Waals surface area (Å²) >= 11 is 0. The fraction of sp³-hybridized carbons (Fsp3) is 0.429. The van der Waals surface area contributed by atoms with Crippen LogP contribution < -0.4 is 24.7 Å². The smallest absolute Gasteiger partial charge is 0.399 e. The van der Waals surface area contributed by atoms with Gasteiger partial charge in [-0.1, -0.05) is 0 Å². The summed E-state index contributed by atoms with van der Waals surface area (Å²) in [5.41, 5.74) is 0. The molecule has 1 unspecified atom stereocenters. The quantitative estimate of drug-likeness (QED) is 0.305.